The zero-order valence-corrected chi connectivity index (χ0v) is 18.8. The van der Waals surface area contributed by atoms with E-state index in [2.05, 4.69) is 15.9 Å². The Morgan fingerprint density at radius 2 is 1.34 bits per heavy atom. The number of methoxy groups -OCH3 is 2. The molecule has 0 saturated heterocycles. The second kappa shape index (κ2) is 9.51. The summed E-state index contributed by atoms with van der Waals surface area (Å²) in [6.07, 6.45) is 0. The van der Waals surface area contributed by atoms with Crippen LogP contribution in [0.4, 0.5) is 10.1 Å². The molecule has 0 radical (unpaired) electrons. The van der Waals surface area contributed by atoms with Gasteiger partial charge < -0.3 is 14.4 Å². The van der Waals surface area contributed by atoms with E-state index in [1.165, 1.54) is 0 Å². The molecule has 0 N–H and O–H groups in total. The third-order valence-electron chi connectivity index (χ3n) is 4.76. The van der Waals surface area contributed by atoms with E-state index in [1.807, 2.05) is 53.4 Å². The molecular formula is C23H22BrClFNO2. The molecule has 3 aromatic carbocycles. The lowest BCUT2D eigenvalue weighted by atomic mass is 10.1. The molecule has 0 fully saturated rings. The highest BCUT2D eigenvalue weighted by molar-refractivity contribution is 9.10. The Balaban J connectivity index is 1.98. The summed E-state index contributed by atoms with van der Waals surface area (Å²) < 4.78 is 26.3. The van der Waals surface area contributed by atoms with Gasteiger partial charge in [0.15, 0.2) is 5.82 Å². The van der Waals surface area contributed by atoms with Crippen LogP contribution in [-0.4, -0.2) is 14.2 Å². The van der Waals surface area contributed by atoms with Crippen LogP contribution in [0.1, 0.15) is 16.7 Å². The molecule has 0 bridgehead atoms. The Kier molecular flexibility index (Phi) is 7.04. The van der Waals surface area contributed by atoms with Gasteiger partial charge in [0, 0.05) is 23.1 Å². The molecule has 3 rings (SSSR count). The Hall–Kier alpha value is -2.24. The minimum atomic E-state index is -0.319. The van der Waals surface area contributed by atoms with Crippen LogP contribution in [0.25, 0.3) is 0 Å². The van der Waals surface area contributed by atoms with Crippen molar-refractivity contribution in [2.45, 2.75) is 20.0 Å². The number of hydrogen-bond donors (Lipinski definition) is 0. The van der Waals surface area contributed by atoms with Gasteiger partial charge >= 0.3 is 0 Å². The van der Waals surface area contributed by atoms with Crippen LogP contribution in [0, 0.1) is 12.7 Å². The largest absolute Gasteiger partial charge is 0.497 e. The Morgan fingerprint density at radius 3 is 1.76 bits per heavy atom. The molecule has 0 amide bonds. The average Bonchev–Trinajstić information content (AvgIpc) is 2.75. The minimum Gasteiger partial charge on any atom is -0.497 e. The minimum absolute atomic E-state index is 0.319. The first-order chi connectivity index (χ1) is 13.9. The smallest absolute Gasteiger partial charge is 0.150 e. The maximum absolute atomic E-state index is 15.1. The third kappa shape index (κ3) is 5.03. The van der Waals surface area contributed by atoms with Crippen LogP contribution in [-0.2, 0) is 13.1 Å². The summed E-state index contributed by atoms with van der Waals surface area (Å²) in [5.41, 5.74) is 3.00. The summed E-state index contributed by atoms with van der Waals surface area (Å²) in [6, 6.07) is 17.3. The van der Waals surface area contributed by atoms with Gasteiger partial charge in [0.05, 0.1) is 24.9 Å². The van der Waals surface area contributed by atoms with E-state index in [-0.39, 0.29) is 5.82 Å². The zero-order chi connectivity index (χ0) is 21.0. The fourth-order valence-electron chi connectivity index (χ4n) is 3.07. The Morgan fingerprint density at radius 1 is 0.897 bits per heavy atom. The number of ether oxygens (including phenoxy) is 2. The van der Waals surface area contributed by atoms with Gasteiger partial charge in [-0.3, -0.25) is 0 Å². The number of rotatable bonds is 7. The van der Waals surface area contributed by atoms with E-state index in [0.717, 1.165) is 22.6 Å². The fraction of sp³-hybridized carbons (Fsp3) is 0.217. The summed E-state index contributed by atoms with van der Waals surface area (Å²) in [4.78, 5) is 1.99. The molecule has 0 aromatic heterocycles. The highest BCUT2D eigenvalue weighted by Crippen LogP contribution is 2.36. The second-order valence-corrected chi connectivity index (χ2v) is 7.91. The molecule has 29 heavy (non-hydrogen) atoms. The maximum atomic E-state index is 15.1. The van der Waals surface area contributed by atoms with Gasteiger partial charge in [-0.05, 0) is 64.3 Å². The van der Waals surface area contributed by atoms with Crippen LogP contribution in [0.5, 0.6) is 11.5 Å². The van der Waals surface area contributed by atoms with Gasteiger partial charge in [-0.2, -0.15) is 0 Å². The molecule has 0 heterocycles. The summed E-state index contributed by atoms with van der Waals surface area (Å²) in [7, 11) is 3.27. The van der Waals surface area contributed by atoms with Gasteiger partial charge in [0.1, 0.15) is 11.5 Å². The highest BCUT2D eigenvalue weighted by Gasteiger charge is 2.19. The van der Waals surface area contributed by atoms with Crippen LogP contribution in [0.2, 0.25) is 5.02 Å². The number of anilines is 1. The maximum Gasteiger partial charge on any atom is 0.150 e. The normalized spacial score (nSPS) is 10.7. The molecule has 0 unspecified atom stereocenters. The molecule has 3 aromatic rings. The summed E-state index contributed by atoms with van der Waals surface area (Å²) in [6.45, 7) is 2.74. The van der Waals surface area contributed by atoms with E-state index >= 15 is 4.39 Å². The first-order valence-electron chi connectivity index (χ1n) is 9.07. The Bertz CT molecular complexity index is 928. The zero-order valence-electron chi connectivity index (χ0n) is 16.5. The van der Waals surface area contributed by atoms with E-state index < -0.39 is 0 Å². The molecule has 0 aliphatic rings. The number of nitrogens with zero attached hydrogens (tertiary/aromatic N) is 1. The first-order valence-corrected chi connectivity index (χ1v) is 10.2. The fourth-order valence-corrected chi connectivity index (χ4v) is 3.73. The lowest BCUT2D eigenvalue weighted by Crippen LogP contribution is -2.23. The first kappa shape index (κ1) is 21.5. The summed E-state index contributed by atoms with van der Waals surface area (Å²) >= 11 is 9.66. The van der Waals surface area contributed by atoms with Gasteiger partial charge in [-0.1, -0.05) is 35.9 Å². The van der Waals surface area contributed by atoms with Gasteiger partial charge in [-0.15, -0.1) is 0 Å². The molecular weight excluding hydrogens is 457 g/mol. The van der Waals surface area contributed by atoms with Crippen LogP contribution >= 0.6 is 27.5 Å². The van der Waals surface area contributed by atoms with Crippen molar-refractivity contribution in [2.24, 2.45) is 0 Å². The SMILES string of the molecule is COc1ccc(CN(Cc2ccc(OC)cc2)c2cc(Br)c(Cl)c(C)c2F)cc1. The van der Waals surface area contributed by atoms with Crippen LogP contribution < -0.4 is 14.4 Å². The lowest BCUT2D eigenvalue weighted by Gasteiger charge is -2.27. The number of benzene rings is 3. The van der Waals surface area contributed by atoms with Crippen molar-refractivity contribution >= 4 is 33.2 Å². The van der Waals surface area contributed by atoms with E-state index in [9.17, 15) is 0 Å². The van der Waals surface area contributed by atoms with Crippen LogP contribution in [0.3, 0.4) is 0 Å². The summed E-state index contributed by atoms with van der Waals surface area (Å²) in [5, 5.41) is 0.389. The standard InChI is InChI=1S/C23H22BrClFNO2/c1-15-22(25)20(24)12-21(23(15)26)27(13-16-4-8-18(28-2)9-5-16)14-17-6-10-19(29-3)11-7-17/h4-12H,13-14H2,1-3H3. The molecule has 6 heteroatoms. The number of halogens is 3. The molecule has 0 aliphatic carbocycles. The monoisotopic (exact) mass is 477 g/mol. The molecule has 0 spiro atoms. The predicted molar refractivity (Wildman–Crippen MR) is 120 cm³/mol. The van der Waals surface area contributed by atoms with E-state index in [1.54, 1.807) is 27.2 Å². The van der Waals surface area contributed by atoms with Crippen molar-refractivity contribution in [1.29, 1.82) is 0 Å². The van der Waals surface area contributed by atoms with Gasteiger partial charge in [0.25, 0.3) is 0 Å². The topological polar surface area (TPSA) is 21.7 Å². The average molecular weight is 479 g/mol. The molecule has 152 valence electrons. The highest BCUT2D eigenvalue weighted by atomic mass is 79.9. The van der Waals surface area contributed by atoms with Crippen molar-refractivity contribution in [3.05, 3.63) is 86.6 Å². The molecule has 0 atom stereocenters. The van der Waals surface area contributed by atoms with Gasteiger partial charge in [-0.25, -0.2) is 4.39 Å². The van der Waals surface area contributed by atoms with Gasteiger partial charge in [0.2, 0.25) is 0 Å². The Labute approximate surface area is 184 Å². The van der Waals surface area contributed by atoms with Crippen molar-refractivity contribution in [3.8, 4) is 11.5 Å². The van der Waals surface area contributed by atoms with E-state index in [4.69, 9.17) is 21.1 Å². The quantitative estimate of drug-likeness (QED) is 0.350. The predicted octanol–water partition coefficient (Wildman–Crippen LogP) is 6.77. The molecule has 0 aliphatic heterocycles. The van der Waals surface area contributed by atoms with Crippen molar-refractivity contribution in [3.63, 3.8) is 0 Å². The lowest BCUT2D eigenvalue weighted by molar-refractivity contribution is 0.414. The number of hydrogen-bond acceptors (Lipinski definition) is 3. The van der Waals surface area contributed by atoms with E-state index in [0.29, 0.717) is 33.8 Å². The van der Waals surface area contributed by atoms with Crippen molar-refractivity contribution < 1.29 is 13.9 Å². The van der Waals surface area contributed by atoms with Crippen molar-refractivity contribution in [2.75, 3.05) is 19.1 Å². The summed E-state index contributed by atoms with van der Waals surface area (Å²) in [5.74, 6) is 1.25. The van der Waals surface area contributed by atoms with Crippen molar-refractivity contribution in [1.82, 2.24) is 0 Å². The molecule has 0 saturated carbocycles. The molecule has 3 nitrogen and oxygen atoms in total. The third-order valence-corrected chi connectivity index (χ3v) is 6.10. The van der Waals surface area contributed by atoms with Crippen LogP contribution in [0.15, 0.2) is 59.1 Å². The second-order valence-electron chi connectivity index (χ2n) is 6.68.